The van der Waals surface area contributed by atoms with Crippen LogP contribution in [0.25, 0.3) is 0 Å². The molecule has 0 fully saturated rings. The van der Waals surface area contributed by atoms with E-state index >= 15 is 0 Å². The second-order valence-corrected chi connectivity index (χ2v) is 5.60. The summed E-state index contributed by atoms with van der Waals surface area (Å²) >= 11 is 0. The average Bonchev–Trinajstić information content (AvgIpc) is 2.69. The van der Waals surface area contributed by atoms with Crippen LogP contribution in [0, 0.1) is 11.3 Å². The molecular weight excluding hydrogens is 232 g/mol. The van der Waals surface area contributed by atoms with E-state index < -0.39 is 0 Å². The zero-order chi connectivity index (χ0) is 13.0. The highest BCUT2D eigenvalue weighted by molar-refractivity contribution is 5.56. The molecule has 2 aromatic rings. The predicted octanol–water partition coefficient (Wildman–Crippen LogP) is 3.02. The van der Waals surface area contributed by atoms with Crippen molar-refractivity contribution < 1.29 is 0 Å². The van der Waals surface area contributed by atoms with E-state index in [-0.39, 0.29) is 5.54 Å². The molecule has 2 aliphatic rings. The summed E-state index contributed by atoms with van der Waals surface area (Å²) in [6.07, 6.45) is 1.01. The molecular formula is C17H14N2. The van der Waals surface area contributed by atoms with Crippen molar-refractivity contribution in [1.82, 2.24) is 5.32 Å². The first-order chi connectivity index (χ1) is 9.22. The summed E-state index contributed by atoms with van der Waals surface area (Å²) in [5.74, 6) is 0. The van der Waals surface area contributed by atoms with Gasteiger partial charge >= 0.3 is 0 Å². The number of benzene rings is 2. The highest BCUT2D eigenvalue weighted by Gasteiger charge is 2.45. The molecule has 0 saturated heterocycles. The fraction of sp³-hybridized carbons (Fsp3) is 0.235. The molecule has 2 nitrogen and oxygen atoms in total. The molecule has 4 rings (SSSR count). The number of nitrogens with one attached hydrogen (secondary N) is 1. The third-order valence-corrected chi connectivity index (χ3v) is 4.54. The molecule has 2 aromatic carbocycles. The topological polar surface area (TPSA) is 35.8 Å². The van der Waals surface area contributed by atoms with Crippen molar-refractivity contribution in [3.63, 3.8) is 0 Å². The van der Waals surface area contributed by atoms with Gasteiger partial charge in [-0.3, -0.25) is 5.32 Å². The molecule has 2 bridgehead atoms. The summed E-state index contributed by atoms with van der Waals surface area (Å²) in [5.41, 5.74) is 5.97. The largest absolute Gasteiger partial charge is 0.297 e. The van der Waals surface area contributed by atoms with Crippen molar-refractivity contribution in [2.24, 2.45) is 0 Å². The highest BCUT2D eigenvalue weighted by atomic mass is 15.1. The minimum atomic E-state index is -0.151. The number of rotatable bonds is 0. The van der Waals surface area contributed by atoms with Gasteiger partial charge in [-0.25, -0.2) is 0 Å². The Hall–Kier alpha value is -2.11. The third-order valence-electron chi connectivity index (χ3n) is 4.54. The van der Waals surface area contributed by atoms with E-state index in [1.165, 1.54) is 22.3 Å². The Bertz CT molecular complexity index is 726. The van der Waals surface area contributed by atoms with E-state index in [4.69, 9.17) is 5.26 Å². The van der Waals surface area contributed by atoms with E-state index in [9.17, 15) is 0 Å². The van der Waals surface area contributed by atoms with Crippen LogP contribution < -0.4 is 5.32 Å². The predicted molar refractivity (Wildman–Crippen MR) is 73.6 cm³/mol. The van der Waals surface area contributed by atoms with Crippen LogP contribution in [0.4, 0.5) is 0 Å². The van der Waals surface area contributed by atoms with Gasteiger partial charge < -0.3 is 0 Å². The van der Waals surface area contributed by atoms with Crippen molar-refractivity contribution in [2.75, 3.05) is 0 Å². The number of nitrogens with zero attached hydrogens (tertiary/aromatic N) is 1. The smallest absolute Gasteiger partial charge is 0.0991 e. The number of hydrogen-bond acceptors (Lipinski definition) is 2. The SMILES string of the molecule is C[C@]12N[C@H](Cc3ccc(C#N)cc31)c1ccccc12. The second kappa shape index (κ2) is 3.46. The number of nitriles is 1. The third kappa shape index (κ3) is 1.28. The van der Waals surface area contributed by atoms with Gasteiger partial charge in [0.15, 0.2) is 0 Å². The lowest BCUT2D eigenvalue weighted by molar-refractivity contribution is 0.388. The Labute approximate surface area is 112 Å². The maximum absolute atomic E-state index is 9.12. The van der Waals surface area contributed by atoms with Crippen LogP contribution in [0.1, 0.15) is 40.8 Å². The quantitative estimate of drug-likeness (QED) is 0.775. The van der Waals surface area contributed by atoms with Crippen LogP contribution in [0.3, 0.4) is 0 Å². The molecule has 19 heavy (non-hydrogen) atoms. The molecule has 0 aliphatic carbocycles. The van der Waals surface area contributed by atoms with Gasteiger partial charge in [-0.1, -0.05) is 30.3 Å². The van der Waals surface area contributed by atoms with Crippen molar-refractivity contribution in [3.8, 4) is 6.07 Å². The Morgan fingerprint density at radius 2 is 2.05 bits per heavy atom. The van der Waals surface area contributed by atoms with Crippen LogP contribution in [-0.4, -0.2) is 0 Å². The highest BCUT2D eigenvalue weighted by Crippen LogP contribution is 2.48. The normalized spacial score (nSPS) is 26.4. The van der Waals surface area contributed by atoms with Crippen molar-refractivity contribution in [1.29, 1.82) is 5.26 Å². The lowest BCUT2D eigenvalue weighted by Crippen LogP contribution is -2.41. The van der Waals surface area contributed by atoms with E-state index in [0.717, 1.165) is 12.0 Å². The van der Waals surface area contributed by atoms with Crippen LogP contribution in [0.2, 0.25) is 0 Å². The molecule has 1 N–H and O–H groups in total. The zero-order valence-corrected chi connectivity index (χ0v) is 10.8. The van der Waals surface area contributed by atoms with E-state index in [1.54, 1.807) is 0 Å². The Morgan fingerprint density at radius 1 is 1.21 bits per heavy atom. The Kier molecular flexibility index (Phi) is 1.97. The average molecular weight is 246 g/mol. The van der Waals surface area contributed by atoms with Crippen LogP contribution in [0.5, 0.6) is 0 Å². The molecule has 2 heterocycles. The molecule has 0 spiro atoms. The first-order valence-electron chi connectivity index (χ1n) is 6.63. The first kappa shape index (κ1) is 10.8. The van der Waals surface area contributed by atoms with Gasteiger partial charge in [-0.05, 0) is 47.7 Å². The molecule has 2 atom stereocenters. The maximum atomic E-state index is 9.12. The van der Waals surface area contributed by atoms with Crippen molar-refractivity contribution in [3.05, 3.63) is 70.3 Å². The zero-order valence-electron chi connectivity index (χ0n) is 10.8. The van der Waals surface area contributed by atoms with Crippen molar-refractivity contribution in [2.45, 2.75) is 24.9 Å². The van der Waals surface area contributed by atoms with Gasteiger partial charge in [0, 0.05) is 6.04 Å². The summed E-state index contributed by atoms with van der Waals surface area (Å²) in [5, 5.41) is 12.8. The monoisotopic (exact) mass is 246 g/mol. The Morgan fingerprint density at radius 3 is 2.89 bits per heavy atom. The molecule has 92 valence electrons. The van der Waals surface area contributed by atoms with Crippen LogP contribution in [-0.2, 0) is 12.0 Å². The summed E-state index contributed by atoms with van der Waals surface area (Å²) in [6.45, 7) is 2.23. The molecule has 0 unspecified atom stereocenters. The number of fused-ring (bicyclic) bond motifs is 7. The second-order valence-electron chi connectivity index (χ2n) is 5.60. The molecule has 2 aliphatic heterocycles. The molecule has 0 radical (unpaired) electrons. The van der Waals surface area contributed by atoms with Gasteiger partial charge in [0.25, 0.3) is 0 Å². The number of hydrogen-bond donors (Lipinski definition) is 1. The lowest BCUT2D eigenvalue weighted by Gasteiger charge is -2.34. The van der Waals surface area contributed by atoms with Crippen molar-refractivity contribution >= 4 is 0 Å². The molecule has 0 amide bonds. The summed E-state index contributed by atoms with van der Waals surface area (Å²) in [7, 11) is 0. The molecule has 0 saturated carbocycles. The fourth-order valence-electron chi connectivity index (χ4n) is 3.65. The van der Waals surface area contributed by atoms with Gasteiger partial charge in [0.1, 0.15) is 0 Å². The van der Waals surface area contributed by atoms with Gasteiger partial charge in [-0.15, -0.1) is 0 Å². The maximum Gasteiger partial charge on any atom is 0.0991 e. The summed E-state index contributed by atoms with van der Waals surface area (Å²) in [6, 6.07) is 17.4. The van der Waals surface area contributed by atoms with E-state index in [2.05, 4.69) is 48.6 Å². The van der Waals surface area contributed by atoms with Crippen LogP contribution in [0.15, 0.2) is 42.5 Å². The first-order valence-corrected chi connectivity index (χ1v) is 6.63. The standard InChI is InChI=1S/C17H14N2/c1-17-14-5-3-2-4-13(14)16(19-17)9-12-7-6-11(10-18)8-15(12)17/h2-8,16,19H,9H2,1H3/t16-,17-/m1/s1. The molecule has 2 heteroatoms. The van der Waals surface area contributed by atoms with E-state index in [0.29, 0.717) is 6.04 Å². The van der Waals surface area contributed by atoms with E-state index in [1.807, 2.05) is 12.1 Å². The van der Waals surface area contributed by atoms with Gasteiger partial charge in [0.05, 0.1) is 17.2 Å². The fourth-order valence-corrected chi connectivity index (χ4v) is 3.65. The molecule has 0 aromatic heterocycles. The van der Waals surface area contributed by atoms with Crippen LogP contribution >= 0.6 is 0 Å². The summed E-state index contributed by atoms with van der Waals surface area (Å²) < 4.78 is 0. The Balaban J connectivity index is 2.02. The van der Waals surface area contributed by atoms with Gasteiger partial charge in [0.2, 0.25) is 0 Å². The minimum Gasteiger partial charge on any atom is -0.297 e. The summed E-state index contributed by atoms with van der Waals surface area (Å²) in [4.78, 5) is 0. The van der Waals surface area contributed by atoms with Gasteiger partial charge in [-0.2, -0.15) is 5.26 Å². The lowest BCUT2D eigenvalue weighted by atomic mass is 9.81. The minimum absolute atomic E-state index is 0.151.